The minimum Gasteiger partial charge on any atom is -0.346 e. The van der Waals surface area contributed by atoms with Crippen molar-refractivity contribution < 1.29 is 9.59 Å². The number of aryl methyl sites for hydroxylation is 3. The summed E-state index contributed by atoms with van der Waals surface area (Å²) in [6.07, 6.45) is 0. The molecule has 7 heteroatoms. The lowest BCUT2D eigenvalue weighted by Crippen LogP contribution is -2.34. The lowest BCUT2D eigenvalue weighted by atomic mass is 10.1. The lowest BCUT2D eigenvalue weighted by molar-refractivity contribution is -0.122. The molecule has 0 radical (unpaired) electrons. The van der Waals surface area contributed by atoms with E-state index in [0.29, 0.717) is 5.16 Å². The third-order valence-electron chi connectivity index (χ3n) is 4.10. The van der Waals surface area contributed by atoms with Gasteiger partial charge in [-0.1, -0.05) is 41.6 Å². The highest BCUT2D eigenvalue weighted by Crippen LogP contribution is 2.22. The summed E-state index contributed by atoms with van der Waals surface area (Å²) in [4.78, 5) is 31.7. The Labute approximate surface area is 162 Å². The van der Waals surface area contributed by atoms with E-state index in [-0.39, 0.29) is 24.1 Å². The summed E-state index contributed by atoms with van der Waals surface area (Å²) in [6.45, 7) is 5.87. The van der Waals surface area contributed by atoms with Crippen LogP contribution in [0.1, 0.15) is 16.7 Å². The number of anilines is 1. The molecule has 3 rings (SSSR count). The second kappa shape index (κ2) is 8.26. The van der Waals surface area contributed by atoms with Gasteiger partial charge < -0.3 is 15.6 Å². The molecule has 0 aliphatic rings. The van der Waals surface area contributed by atoms with Gasteiger partial charge >= 0.3 is 0 Å². The molecule has 2 aromatic carbocycles. The number of benzene rings is 2. The number of nitrogens with one attached hydrogen (secondary N) is 3. The molecule has 6 nitrogen and oxygen atoms in total. The number of nitrogens with zero attached hydrogens (tertiary/aromatic N) is 1. The number of para-hydroxylation sites is 2. The van der Waals surface area contributed by atoms with E-state index in [1.54, 1.807) is 0 Å². The fourth-order valence-corrected chi connectivity index (χ4v) is 3.64. The van der Waals surface area contributed by atoms with Crippen LogP contribution in [0, 0.1) is 20.8 Å². The van der Waals surface area contributed by atoms with Crippen LogP contribution in [0.2, 0.25) is 0 Å². The van der Waals surface area contributed by atoms with Gasteiger partial charge in [0.05, 0.1) is 23.3 Å². The fraction of sp³-hybridized carbons (Fsp3) is 0.250. The maximum Gasteiger partial charge on any atom is 0.243 e. The number of H-pyrrole nitrogens is 1. The molecule has 2 amide bonds. The summed E-state index contributed by atoms with van der Waals surface area (Å²) in [5.74, 6) is -0.268. The Kier molecular flexibility index (Phi) is 5.81. The first-order chi connectivity index (χ1) is 12.9. The normalized spacial score (nSPS) is 10.8. The van der Waals surface area contributed by atoms with Crippen LogP contribution < -0.4 is 10.6 Å². The maximum atomic E-state index is 12.1. The maximum absolute atomic E-state index is 12.1. The van der Waals surface area contributed by atoms with Gasteiger partial charge in [-0.3, -0.25) is 9.59 Å². The van der Waals surface area contributed by atoms with Crippen molar-refractivity contribution in [1.29, 1.82) is 0 Å². The van der Waals surface area contributed by atoms with Crippen LogP contribution in [0.25, 0.3) is 11.0 Å². The van der Waals surface area contributed by atoms with E-state index < -0.39 is 0 Å². The second-order valence-corrected chi connectivity index (χ2v) is 7.41. The minimum atomic E-state index is -0.243. The Bertz CT molecular complexity index is 941. The molecule has 0 aliphatic carbocycles. The summed E-state index contributed by atoms with van der Waals surface area (Å²) < 4.78 is 0. The van der Waals surface area contributed by atoms with E-state index in [0.717, 1.165) is 33.4 Å². The number of hydrogen-bond donors (Lipinski definition) is 3. The summed E-state index contributed by atoms with van der Waals surface area (Å²) in [6, 6.07) is 11.7. The van der Waals surface area contributed by atoms with Crippen LogP contribution in [0.15, 0.2) is 41.6 Å². The van der Waals surface area contributed by atoms with Gasteiger partial charge in [0.25, 0.3) is 0 Å². The van der Waals surface area contributed by atoms with Crippen LogP contribution in [0.3, 0.4) is 0 Å². The van der Waals surface area contributed by atoms with Crippen molar-refractivity contribution in [1.82, 2.24) is 15.3 Å². The number of carbonyl (C=O) groups excluding carboxylic acids is 2. The number of amides is 2. The van der Waals surface area contributed by atoms with Crippen LogP contribution in [0.5, 0.6) is 0 Å². The van der Waals surface area contributed by atoms with E-state index in [1.807, 2.05) is 57.2 Å². The fourth-order valence-electron chi connectivity index (χ4n) is 2.92. The topological polar surface area (TPSA) is 86.9 Å². The van der Waals surface area contributed by atoms with Crippen molar-refractivity contribution in [2.75, 3.05) is 17.6 Å². The third kappa shape index (κ3) is 4.89. The Morgan fingerprint density at radius 3 is 2.48 bits per heavy atom. The quantitative estimate of drug-likeness (QED) is 0.571. The number of hydrogen-bond acceptors (Lipinski definition) is 4. The molecule has 0 spiro atoms. The first-order valence-corrected chi connectivity index (χ1v) is 9.63. The minimum absolute atomic E-state index is 0.0632. The summed E-state index contributed by atoms with van der Waals surface area (Å²) in [7, 11) is 0. The molecule has 0 fully saturated rings. The van der Waals surface area contributed by atoms with Gasteiger partial charge in [-0.2, -0.15) is 0 Å². The standard InChI is InChI=1S/C20H22N4O2S/c1-12-8-13(2)19(14(3)9-12)24-17(25)10-21-18(26)11-27-20-22-15-6-4-5-7-16(15)23-20/h4-9H,10-11H2,1-3H3,(H,21,26)(H,22,23)(H,24,25). The SMILES string of the molecule is Cc1cc(C)c(NC(=O)CNC(=O)CSc2nc3ccccc3[nH]2)c(C)c1. The van der Waals surface area contributed by atoms with Gasteiger partial charge in [0.1, 0.15) is 0 Å². The van der Waals surface area contributed by atoms with E-state index in [9.17, 15) is 9.59 Å². The number of carbonyl (C=O) groups is 2. The summed E-state index contributed by atoms with van der Waals surface area (Å²) in [5, 5.41) is 6.20. The predicted molar refractivity (Wildman–Crippen MR) is 109 cm³/mol. The molecule has 0 aliphatic heterocycles. The Hall–Kier alpha value is -2.80. The number of rotatable bonds is 6. The monoisotopic (exact) mass is 382 g/mol. The zero-order valence-electron chi connectivity index (χ0n) is 15.6. The van der Waals surface area contributed by atoms with Crippen molar-refractivity contribution in [3.05, 3.63) is 53.1 Å². The van der Waals surface area contributed by atoms with Gasteiger partial charge in [0.2, 0.25) is 11.8 Å². The van der Waals surface area contributed by atoms with Crippen LogP contribution in [0.4, 0.5) is 5.69 Å². The Balaban J connectivity index is 1.48. The van der Waals surface area contributed by atoms with Crippen molar-refractivity contribution in [2.24, 2.45) is 0 Å². The van der Waals surface area contributed by atoms with Crippen LogP contribution in [-0.2, 0) is 9.59 Å². The summed E-state index contributed by atoms with van der Waals surface area (Å²) >= 11 is 1.31. The highest BCUT2D eigenvalue weighted by molar-refractivity contribution is 7.99. The zero-order valence-corrected chi connectivity index (χ0v) is 16.4. The summed E-state index contributed by atoms with van der Waals surface area (Å²) in [5.41, 5.74) is 5.77. The molecule has 1 heterocycles. The third-order valence-corrected chi connectivity index (χ3v) is 4.97. The van der Waals surface area contributed by atoms with Gasteiger partial charge in [0, 0.05) is 5.69 Å². The molecule has 0 bridgehead atoms. The smallest absolute Gasteiger partial charge is 0.243 e. The molecular formula is C20H22N4O2S. The molecule has 27 heavy (non-hydrogen) atoms. The molecule has 0 saturated heterocycles. The Morgan fingerprint density at radius 1 is 1.07 bits per heavy atom. The molecule has 140 valence electrons. The second-order valence-electron chi connectivity index (χ2n) is 6.45. The van der Waals surface area contributed by atoms with Gasteiger partial charge in [-0.25, -0.2) is 4.98 Å². The van der Waals surface area contributed by atoms with Gasteiger partial charge in [0.15, 0.2) is 5.16 Å². The number of thioether (sulfide) groups is 1. The number of aromatic amines is 1. The predicted octanol–water partition coefficient (Wildman–Crippen LogP) is 3.34. The van der Waals surface area contributed by atoms with E-state index >= 15 is 0 Å². The van der Waals surface area contributed by atoms with Gasteiger partial charge in [-0.05, 0) is 44.0 Å². The molecule has 0 unspecified atom stereocenters. The van der Waals surface area contributed by atoms with Crippen LogP contribution >= 0.6 is 11.8 Å². The van der Waals surface area contributed by atoms with Gasteiger partial charge in [-0.15, -0.1) is 0 Å². The van der Waals surface area contributed by atoms with Crippen molar-refractivity contribution in [3.8, 4) is 0 Å². The number of imidazole rings is 1. The lowest BCUT2D eigenvalue weighted by Gasteiger charge is -2.13. The average molecular weight is 382 g/mol. The highest BCUT2D eigenvalue weighted by atomic mass is 32.2. The van der Waals surface area contributed by atoms with Crippen molar-refractivity contribution in [3.63, 3.8) is 0 Å². The molecular weight excluding hydrogens is 360 g/mol. The zero-order chi connectivity index (χ0) is 19.4. The Morgan fingerprint density at radius 2 is 1.78 bits per heavy atom. The van der Waals surface area contributed by atoms with E-state index in [1.165, 1.54) is 11.8 Å². The van der Waals surface area contributed by atoms with E-state index in [4.69, 9.17) is 0 Å². The van der Waals surface area contributed by atoms with Crippen LogP contribution in [-0.4, -0.2) is 34.1 Å². The largest absolute Gasteiger partial charge is 0.346 e. The molecule has 0 saturated carbocycles. The van der Waals surface area contributed by atoms with E-state index in [2.05, 4.69) is 20.6 Å². The number of aromatic nitrogens is 2. The molecule has 0 atom stereocenters. The van der Waals surface area contributed by atoms with Crippen molar-refractivity contribution in [2.45, 2.75) is 25.9 Å². The highest BCUT2D eigenvalue weighted by Gasteiger charge is 2.11. The molecule has 1 aromatic heterocycles. The molecule has 3 aromatic rings. The number of fused-ring (bicyclic) bond motifs is 1. The first-order valence-electron chi connectivity index (χ1n) is 8.64. The molecule has 3 N–H and O–H groups in total. The van der Waals surface area contributed by atoms with Crippen molar-refractivity contribution >= 4 is 40.3 Å². The average Bonchev–Trinajstić information content (AvgIpc) is 3.04. The first kappa shape index (κ1) is 19.0.